The summed E-state index contributed by atoms with van der Waals surface area (Å²) in [6.07, 6.45) is 9.74. The molecule has 2 fully saturated rings. The minimum Gasteiger partial charge on any atom is -0.311 e. The van der Waals surface area contributed by atoms with E-state index in [-0.39, 0.29) is 0 Å². The monoisotopic (exact) mass is 280 g/mol. The van der Waals surface area contributed by atoms with Gasteiger partial charge in [-0.3, -0.25) is 4.90 Å². The first-order chi connectivity index (χ1) is 9.59. The maximum Gasteiger partial charge on any atom is 0.0334 e. The topological polar surface area (TPSA) is 15.3 Å². The van der Waals surface area contributed by atoms with Crippen LogP contribution in [0, 0.1) is 11.8 Å². The summed E-state index contributed by atoms with van der Waals surface area (Å²) in [6.45, 7) is 13.3. The van der Waals surface area contributed by atoms with Crippen LogP contribution in [0.2, 0.25) is 0 Å². The summed E-state index contributed by atoms with van der Waals surface area (Å²) in [7, 11) is 0. The molecule has 1 N–H and O–H groups in total. The molecule has 1 aliphatic heterocycles. The summed E-state index contributed by atoms with van der Waals surface area (Å²) in [4.78, 5) is 2.90. The Hall–Kier alpha value is -0.0800. The lowest BCUT2D eigenvalue weighted by Crippen LogP contribution is -2.64. The van der Waals surface area contributed by atoms with Gasteiger partial charge in [-0.2, -0.15) is 0 Å². The Morgan fingerprint density at radius 1 is 1.15 bits per heavy atom. The highest BCUT2D eigenvalue weighted by atomic mass is 15.3. The van der Waals surface area contributed by atoms with Crippen molar-refractivity contribution in [2.24, 2.45) is 11.8 Å². The van der Waals surface area contributed by atoms with E-state index in [1.165, 1.54) is 64.6 Å². The first kappa shape index (κ1) is 16.3. The van der Waals surface area contributed by atoms with E-state index < -0.39 is 0 Å². The number of hydrogen-bond donors (Lipinski definition) is 1. The summed E-state index contributed by atoms with van der Waals surface area (Å²) in [5.74, 6) is 1.70. The van der Waals surface area contributed by atoms with E-state index in [1.54, 1.807) is 0 Å². The maximum atomic E-state index is 3.88. The molecule has 0 aromatic rings. The normalized spacial score (nSPS) is 27.0. The molecule has 2 aliphatic rings. The van der Waals surface area contributed by atoms with Gasteiger partial charge in [0.05, 0.1) is 0 Å². The Bertz CT molecular complexity index is 277. The van der Waals surface area contributed by atoms with Crippen LogP contribution in [-0.2, 0) is 0 Å². The molecule has 1 heterocycles. The second-order valence-corrected chi connectivity index (χ2v) is 7.73. The summed E-state index contributed by atoms with van der Waals surface area (Å²) in [5, 5.41) is 3.88. The van der Waals surface area contributed by atoms with E-state index in [9.17, 15) is 0 Å². The average Bonchev–Trinajstić information content (AvgIpc) is 2.88. The van der Waals surface area contributed by atoms with Gasteiger partial charge >= 0.3 is 0 Å². The minimum absolute atomic E-state index is 0.510. The Kier molecular flexibility index (Phi) is 5.92. The fraction of sp³-hybridized carbons (Fsp3) is 1.00. The highest BCUT2D eigenvalue weighted by Crippen LogP contribution is 2.38. The molecule has 2 heteroatoms. The largest absolute Gasteiger partial charge is 0.311 e. The van der Waals surface area contributed by atoms with Crippen molar-refractivity contribution < 1.29 is 0 Å². The first-order valence-electron chi connectivity index (χ1n) is 9.08. The van der Waals surface area contributed by atoms with Gasteiger partial charge < -0.3 is 5.32 Å². The number of nitrogens with zero attached hydrogens (tertiary/aromatic N) is 1. The molecule has 1 atom stereocenters. The fourth-order valence-electron chi connectivity index (χ4n) is 4.35. The molecule has 118 valence electrons. The Balaban J connectivity index is 2.02. The van der Waals surface area contributed by atoms with Gasteiger partial charge in [-0.1, -0.05) is 53.4 Å². The molecular formula is C18H36N2. The molecular weight excluding hydrogens is 244 g/mol. The molecule has 1 unspecified atom stereocenters. The first-order valence-corrected chi connectivity index (χ1v) is 9.08. The van der Waals surface area contributed by atoms with Gasteiger partial charge in [0.25, 0.3) is 0 Å². The van der Waals surface area contributed by atoms with Gasteiger partial charge in [0, 0.05) is 31.2 Å². The van der Waals surface area contributed by atoms with E-state index in [2.05, 4.69) is 37.9 Å². The molecule has 0 aromatic carbocycles. The van der Waals surface area contributed by atoms with Crippen LogP contribution in [0.5, 0.6) is 0 Å². The molecule has 1 saturated heterocycles. The molecule has 1 aliphatic carbocycles. The molecule has 2 rings (SSSR count). The van der Waals surface area contributed by atoms with Gasteiger partial charge in [-0.05, 0) is 31.1 Å². The Morgan fingerprint density at radius 3 is 2.35 bits per heavy atom. The van der Waals surface area contributed by atoms with Crippen molar-refractivity contribution >= 4 is 0 Å². The predicted molar refractivity (Wildman–Crippen MR) is 88.1 cm³/mol. The average molecular weight is 281 g/mol. The van der Waals surface area contributed by atoms with E-state index in [0.29, 0.717) is 5.54 Å². The third kappa shape index (κ3) is 3.76. The van der Waals surface area contributed by atoms with Crippen molar-refractivity contribution in [1.29, 1.82) is 0 Å². The van der Waals surface area contributed by atoms with E-state index in [4.69, 9.17) is 0 Å². The van der Waals surface area contributed by atoms with Crippen LogP contribution in [0.25, 0.3) is 0 Å². The Morgan fingerprint density at radius 2 is 1.80 bits per heavy atom. The van der Waals surface area contributed by atoms with Crippen molar-refractivity contribution in [2.75, 3.05) is 19.6 Å². The van der Waals surface area contributed by atoms with Crippen LogP contribution in [0.1, 0.15) is 72.6 Å². The predicted octanol–water partition coefficient (Wildman–Crippen LogP) is 4.06. The summed E-state index contributed by atoms with van der Waals surface area (Å²) >= 11 is 0. The lowest BCUT2D eigenvalue weighted by molar-refractivity contribution is 0.0242. The highest BCUT2D eigenvalue weighted by molar-refractivity contribution is 5.02. The van der Waals surface area contributed by atoms with Crippen molar-refractivity contribution in [1.82, 2.24) is 10.2 Å². The SMILES string of the molecule is CCC(CC)CN1CC(CC(C)C)NCC12CCCC2. The third-order valence-corrected chi connectivity index (χ3v) is 5.75. The van der Waals surface area contributed by atoms with Crippen molar-refractivity contribution in [2.45, 2.75) is 84.2 Å². The zero-order valence-electron chi connectivity index (χ0n) is 14.3. The molecule has 0 amide bonds. The van der Waals surface area contributed by atoms with Crippen LogP contribution in [-0.4, -0.2) is 36.1 Å². The standard InChI is InChI=1S/C18H36N2/c1-5-16(6-2)12-20-13-17(11-15(3)4)19-14-18(20)9-7-8-10-18/h15-17,19H,5-14H2,1-4H3. The lowest BCUT2D eigenvalue weighted by Gasteiger charge is -2.50. The molecule has 1 saturated carbocycles. The van der Waals surface area contributed by atoms with E-state index in [0.717, 1.165) is 17.9 Å². The zero-order chi connectivity index (χ0) is 14.6. The zero-order valence-corrected chi connectivity index (χ0v) is 14.3. The van der Waals surface area contributed by atoms with Crippen molar-refractivity contribution in [3.8, 4) is 0 Å². The lowest BCUT2D eigenvalue weighted by atomic mass is 9.87. The molecule has 0 bridgehead atoms. The van der Waals surface area contributed by atoms with Gasteiger partial charge in [0.15, 0.2) is 0 Å². The van der Waals surface area contributed by atoms with E-state index in [1.807, 2.05) is 0 Å². The van der Waals surface area contributed by atoms with Gasteiger partial charge in [-0.15, -0.1) is 0 Å². The number of hydrogen-bond acceptors (Lipinski definition) is 2. The fourth-order valence-corrected chi connectivity index (χ4v) is 4.35. The molecule has 0 aromatic heterocycles. The van der Waals surface area contributed by atoms with E-state index >= 15 is 0 Å². The molecule has 0 radical (unpaired) electrons. The van der Waals surface area contributed by atoms with Crippen LogP contribution in [0.3, 0.4) is 0 Å². The summed E-state index contributed by atoms with van der Waals surface area (Å²) in [5.41, 5.74) is 0.510. The molecule has 1 spiro atoms. The van der Waals surface area contributed by atoms with Crippen LogP contribution in [0.15, 0.2) is 0 Å². The Labute approximate surface area is 126 Å². The molecule has 2 nitrogen and oxygen atoms in total. The maximum absolute atomic E-state index is 3.88. The quantitative estimate of drug-likeness (QED) is 0.789. The number of rotatable bonds is 6. The number of piperazine rings is 1. The second-order valence-electron chi connectivity index (χ2n) is 7.73. The van der Waals surface area contributed by atoms with Crippen LogP contribution >= 0.6 is 0 Å². The molecule has 20 heavy (non-hydrogen) atoms. The van der Waals surface area contributed by atoms with Crippen LogP contribution < -0.4 is 5.32 Å². The number of nitrogens with one attached hydrogen (secondary N) is 1. The second kappa shape index (κ2) is 7.26. The smallest absolute Gasteiger partial charge is 0.0334 e. The summed E-state index contributed by atoms with van der Waals surface area (Å²) in [6, 6.07) is 0.718. The van der Waals surface area contributed by atoms with Crippen molar-refractivity contribution in [3.63, 3.8) is 0 Å². The van der Waals surface area contributed by atoms with Crippen molar-refractivity contribution in [3.05, 3.63) is 0 Å². The summed E-state index contributed by atoms with van der Waals surface area (Å²) < 4.78 is 0. The van der Waals surface area contributed by atoms with Gasteiger partial charge in [-0.25, -0.2) is 0 Å². The van der Waals surface area contributed by atoms with Crippen LogP contribution in [0.4, 0.5) is 0 Å². The van der Waals surface area contributed by atoms with Gasteiger partial charge in [0.2, 0.25) is 0 Å². The van der Waals surface area contributed by atoms with Gasteiger partial charge in [0.1, 0.15) is 0 Å². The minimum atomic E-state index is 0.510. The highest BCUT2D eigenvalue weighted by Gasteiger charge is 2.43. The third-order valence-electron chi connectivity index (χ3n) is 5.75.